The summed E-state index contributed by atoms with van der Waals surface area (Å²) in [5.41, 5.74) is 6.43. The van der Waals surface area contributed by atoms with Crippen molar-refractivity contribution in [1.82, 2.24) is 15.1 Å². The van der Waals surface area contributed by atoms with E-state index in [9.17, 15) is 13.6 Å². The number of carbonyl (C=O) groups excluding carboxylic acids is 1. The highest BCUT2D eigenvalue weighted by Gasteiger charge is 2.30. The first-order valence-corrected chi connectivity index (χ1v) is 8.66. The zero-order valence-corrected chi connectivity index (χ0v) is 14.5. The van der Waals surface area contributed by atoms with Gasteiger partial charge in [0.05, 0.1) is 19.1 Å². The van der Waals surface area contributed by atoms with Crippen LogP contribution in [0.1, 0.15) is 28.8 Å². The average molecular weight is 366 g/mol. The van der Waals surface area contributed by atoms with E-state index in [0.717, 1.165) is 19.0 Å². The normalized spacial score (nSPS) is 20.1. The number of fused-ring (bicyclic) bond motifs is 1. The molecule has 1 aliphatic heterocycles. The predicted octanol–water partition coefficient (Wildman–Crippen LogP) is 2.15. The first-order chi connectivity index (χ1) is 12.9. The van der Waals surface area contributed by atoms with Crippen LogP contribution in [0.25, 0.3) is 16.6 Å². The summed E-state index contributed by atoms with van der Waals surface area (Å²) in [6.07, 6.45) is 3.10. The summed E-state index contributed by atoms with van der Waals surface area (Å²) in [5.74, 6) is -1.80. The van der Waals surface area contributed by atoms with Crippen molar-refractivity contribution in [3.8, 4) is 5.69 Å². The Labute approximate surface area is 155 Å². The molecule has 1 amide bonds. The molecule has 1 aromatic heterocycles. The van der Waals surface area contributed by atoms with Gasteiger partial charge in [0.1, 0.15) is 17.2 Å². The van der Waals surface area contributed by atoms with Crippen molar-refractivity contribution < 1.29 is 13.6 Å². The maximum absolute atomic E-state index is 14.8. The highest BCUT2D eigenvalue weighted by atomic mass is 19.1. The zero-order chi connectivity index (χ0) is 19.2. The van der Waals surface area contributed by atoms with Gasteiger partial charge < -0.3 is 11.1 Å². The average Bonchev–Trinajstić information content (AvgIpc) is 3.05. The van der Waals surface area contributed by atoms with Crippen LogP contribution in [-0.4, -0.2) is 36.6 Å². The van der Waals surface area contributed by atoms with Gasteiger partial charge in [-0.2, -0.15) is 5.10 Å². The minimum atomic E-state index is -0.777. The molecule has 1 fully saturated rings. The van der Waals surface area contributed by atoms with Gasteiger partial charge in [-0.25, -0.2) is 13.5 Å². The van der Waals surface area contributed by atoms with Crippen LogP contribution in [0, 0.1) is 11.6 Å². The third-order valence-corrected chi connectivity index (χ3v) is 5.01. The van der Waals surface area contributed by atoms with Gasteiger partial charge in [-0.1, -0.05) is 6.07 Å². The fraction of sp³-hybridized carbons (Fsp3) is 0.263. The lowest BCUT2D eigenvalue weighted by molar-refractivity contribution is 0.100. The molecular weight excluding hydrogens is 349 g/mol. The fourth-order valence-corrected chi connectivity index (χ4v) is 3.63. The standard InChI is InChI=1S/C19H17BF2N4O/c20-19(4-1-5-24-10-19)15-3-2-13(8-16(15)22)26-9-11-6-12(21)7-14(18(23)27)17(11)25-26/h2-3,6-9,24H,1,4-5,10H2,(H2,23,27). The SMILES string of the molecule is [B]C1(c2ccc(-n3cc4cc(F)cc(C(N)=O)c4n3)cc2F)CCCNC1. The van der Waals surface area contributed by atoms with Crippen molar-refractivity contribution in [3.63, 3.8) is 0 Å². The first-order valence-electron chi connectivity index (χ1n) is 8.66. The van der Waals surface area contributed by atoms with Crippen molar-refractivity contribution >= 4 is 24.7 Å². The summed E-state index contributed by atoms with van der Waals surface area (Å²) in [5, 5.41) is 7.13. The first kappa shape index (κ1) is 17.7. The Morgan fingerprint density at radius 2 is 2.11 bits per heavy atom. The van der Waals surface area contributed by atoms with Gasteiger partial charge in [-0.3, -0.25) is 4.79 Å². The van der Waals surface area contributed by atoms with E-state index in [4.69, 9.17) is 13.6 Å². The van der Waals surface area contributed by atoms with E-state index in [1.807, 2.05) is 0 Å². The minimum absolute atomic E-state index is 0.0185. The Morgan fingerprint density at radius 3 is 2.78 bits per heavy atom. The van der Waals surface area contributed by atoms with Crippen LogP contribution in [0.5, 0.6) is 0 Å². The van der Waals surface area contributed by atoms with Gasteiger partial charge in [-0.15, -0.1) is 0 Å². The molecule has 8 heteroatoms. The number of primary amides is 1. The molecule has 1 unspecified atom stereocenters. The Balaban J connectivity index is 1.77. The third-order valence-electron chi connectivity index (χ3n) is 5.01. The maximum atomic E-state index is 14.8. The summed E-state index contributed by atoms with van der Waals surface area (Å²) in [4.78, 5) is 11.5. The van der Waals surface area contributed by atoms with E-state index in [1.54, 1.807) is 12.1 Å². The van der Waals surface area contributed by atoms with Crippen LogP contribution in [0.3, 0.4) is 0 Å². The predicted molar refractivity (Wildman–Crippen MR) is 99.0 cm³/mol. The van der Waals surface area contributed by atoms with E-state index in [1.165, 1.54) is 23.0 Å². The number of rotatable bonds is 3. The van der Waals surface area contributed by atoms with Crippen molar-refractivity contribution in [1.29, 1.82) is 0 Å². The molecule has 0 aliphatic carbocycles. The Morgan fingerprint density at radius 1 is 1.30 bits per heavy atom. The zero-order valence-electron chi connectivity index (χ0n) is 14.5. The number of hydrogen-bond donors (Lipinski definition) is 2. The van der Waals surface area contributed by atoms with Gasteiger partial charge >= 0.3 is 0 Å². The van der Waals surface area contributed by atoms with Gasteiger partial charge in [0.25, 0.3) is 5.91 Å². The molecule has 136 valence electrons. The lowest BCUT2D eigenvalue weighted by atomic mass is 9.60. The number of halogens is 2. The minimum Gasteiger partial charge on any atom is -0.366 e. The van der Waals surface area contributed by atoms with Crippen LogP contribution in [0.4, 0.5) is 8.78 Å². The molecule has 3 N–H and O–H groups in total. The Hall–Kier alpha value is -2.74. The van der Waals surface area contributed by atoms with Crippen LogP contribution in [0.2, 0.25) is 0 Å². The molecule has 5 nitrogen and oxygen atoms in total. The van der Waals surface area contributed by atoms with Crippen molar-refractivity contribution in [2.75, 3.05) is 13.1 Å². The number of nitrogens with one attached hydrogen (secondary N) is 1. The van der Waals surface area contributed by atoms with E-state index in [2.05, 4.69) is 10.4 Å². The number of carbonyl (C=O) groups is 1. The number of nitrogens with two attached hydrogens (primary N) is 1. The van der Waals surface area contributed by atoms with Crippen LogP contribution in [0.15, 0.2) is 36.5 Å². The molecule has 1 saturated heterocycles. The number of amides is 1. The van der Waals surface area contributed by atoms with Crippen LogP contribution >= 0.6 is 0 Å². The highest BCUT2D eigenvalue weighted by molar-refractivity contribution is 6.16. The molecule has 2 heterocycles. The molecule has 4 rings (SSSR count). The van der Waals surface area contributed by atoms with Gasteiger partial charge in [0.2, 0.25) is 0 Å². The van der Waals surface area contributed by atoms with Gasteiger partial charge in [-0.05, 0) is 61.1 Å². The third kappa shape index (κ3) is 3.10. The Kier molecular flexibility index (Phi) is 4.22. The molecule has 27 heavy (non-hydrogen) atoms. The van der Waals surface area contributed by atoms with Crippen molar-refractivity contribution in [3.05, 3.63) is 59.3 Å². The lowest BCUT2D eigenvalue weighted by Gasteiger charge is -2.35. The molecule has 0 spiro atoms. The number of nitrogens with zero attached hydrogens (tertiary/aromatic N) is 2. The summed E-state index contributed by atoms with van der Waals surface area (Å²) in [7, 11) is 6.38. The summed E-state index contributed by atoms with van der Waals surface area (Å²) in [6, 6.07) is 6.98. The summed E-state index contributed by atoms with van der Waals surface area (Å²) < 4.78 is 29.9. The number of piperidine rings is 1. The molecule has 3 aromatic rings. The lowest BCUT2D eigenvalue weighted by Crippen LogP contribution is -2.44. The quantitative estimate of drug-likeness (QED) is 0.698. The van der Waals surface area contributed by atoms with Crippen molar-refractivity contribution in [2.24, 2.45) is 5.73 Å². The fourth-order valence-electron chi connectivity index (χ4n) is 3.63. The smallest absolute Gasteiger partial charge is 0.251 e. The number of hydrogen-bond acceptors (Lipinski definition) is 3. The topological polar surface area (TPSA) is 72.9 Å². The molecule has 1 atom stereocenters. The molecule has 2 radical (unpaired) electrons. The van der Waals surface area contributed by atoms with E-state index < -0.39 is 22.9 Å². The number of benzene rings is 2. The van der Waals surface area contributed by atoms with Gasteiger partial charge in [0, 0.05) is 11.6 Å². The summed E-state index contributed by atoms with van der Waals surface area (Å²) in [6.45, 7) is 1.38. The number of aromatic nitrogens is 2. The molecule has 2 aromatic carbocycles. The molecule has 0 bridgehead atoms. The van der Waals surface area contributed by atoms with Crippen LogP contribution in [-0.2, 0) is 5.31 Å². The molecule has 0 saturated carbocycles. The second-order valence-corrected chi connectivity index (χ2v) is 6.93. The monoisotopic (exact) mass is 366 g/mol. The second kappa shape index (κ2) is 6.46. The molecular formula is C19H17BF2N4O. The van der Waals surface area contributed by atoms with E-state index >= 15 is 0 Å². The van der Waals surface area contributed by atoms with Crippen LogP contribution < -0.4 is 11.1 Å². The maximum Gasteiger partial charge on any atom is 0.251 e. The van der Waals surface area contributed by atoms with E-state index in [-0.39, 0.29) is 11.1 Å². The van der Waals surface area contributed by atoms with Crippen molar-refractivity contribution in [2.45, 2.75) is 18.2 Å². The second-order valence-electron chi connectivity index (χ2n) is 6.93. The largest absolute Gasteiger partial charge is 0.366 e. The van der Waals surface area contributed by atoms with Gasteiger partial charge in [0.15, 0.2) is 0 Å². The summed E-state index contributed by atoms with van der Waals surface area (Å²) >= 11 is 0. The molecule has 1 aliphatic rings. The van der Waals surface area contributed by atoms with E-state index in [0.29, 0.717) is 29.6 Å². The Bertz CT molecular complexity index is 1040. The highest BCUT2D eigenvalue weighted by Crippen LogP contribution is 2.31.